The molecule has 0 fully saturated rings. The molecule has 1 N–H and O–H groups in total. The molecule has 0 bridgehead atoms. The molecular weight excluding hydrogens is 437 g/mol. The van der Waals surface area contributed by atoms with Crippen molar-refractivity contribution in [2.24, 2.45) is 0 Å². The molecule has 0 saturated heterocycles. The predicted octanol–water partition coefficient (Wildman–Crippen LogP) is 2.98. The molecule has 164 valence electrons. The quantitative estimate of drug-likeness (QED) is 0.547. The highest BCUT2D eigenvalue weighted by atomic mass is 32.2. The Morgan fingerprint density at radius 3 is 2.39 bits per heavy atom. The largest absolute Gasteiger partial charge is 0.471 e. The first-order valence-corrected chi connectivity index (χ1v) is 10.3. The Balaban J connectivity index is 1.68. The van der Waals surface area contributed by atoms with Gasteiger partial charge in [0.2, 0.25) is 15.8 Å². The fourth-order valence-corrected chi connectivity index (χ4v) is 3.56. The molecule has 12 heteroatoms. The van der Waals surface area contributed by atoms with Crippen LogP contribution in [0.5, 0.6) is 0 Å². The first-order valence-electron chi connectivity index (χ1n) is 8.79. The van der Waals surface area contributed by atoms with Crippen LogP contribution >= 0.6 is 0 Å². The summed E-state index contributed by atoms with van der Waals surface area (Å²) in [5.41, 5.74) is 1.05. The maximum absolute atomic E-state index is 12.6. The number of anilines is 1. The van der Waals surface area contributed by atoms with Crippen LogP contribution in [0.15, 0.2) is 57.9 Å². The zero-order chi connectivity index (χ0) is 22.8. The van der Waals surface area contributed by atoms with Crippen LogP contribution in [-0.2, 0) is 16.2 Å². The van der Waals surface area contributed by atoms with Gasteiger partial charge in [-0.15, -0.1) is 0 Å². The molecule has 0 aliphatic carbocycles. The van der Waals surface area contributed by atoms with Crippen molar-refractivity contribution < 1.29 is 30.9 Å². The summed E-state index contributed by atoms with van der Waals surface area (Å²) in [6.45, 7) is -0.492. The number of Topliss-reactive ketones (excluding diaryl/α,β-unsaturated/α-hetero) is 1. The molecule has 0 aliphatic heterocycles. The van der Waals surface area contributed by atoms with E-state index in [1.54, 1.807) is 31.1 Å². The number of alkyl halides is 3. The van der Waals surface area contributed by atoms with E-state index in [1.165, 1.54) is 36.4 Å². The van der Waals surface area contributed by atoms with E-state index < -0.39 is 34.4 Å². The third-order valence-corrected chi connectivity index (χ3v) is 5.60. The van der Waals surface area contributed by atoms with Crippen LogP contribution in [0.2, 0.25) is 0 Å². The Hall–Kier alpha value is -3.25. The van der Waals surface area contributed by atoms with Crippen LogP contribution < -0.4 is 9.62 Å². The van der Waals surface area contributed by atoms with Crippen molar-refractivity contribution in [3.63, 3.8) is 0 Å². The maximum Gasteiger partial charge on any atom is 0.471 e. The van der Waals surface area contributed by atoms with Gasteiger partial charge in [0.25, 0.3) is 0 Å². The number of halogens is 3. The minimum Gasteiger partial charge on any atom is -0.378 e. The molecule has 0 unspecified atom stereocenters. The van der Waals surface area contributed by atoms with E-state index in [0.29, 0.717) is 5.69 Å². The number of carbonyl (C=O) groups is 1. The van der Waals surface area contributed by atoms with Gasteiger partial charge in [0.1, 0.15) is 0 Å². The van der Waals surface area contributed by atoms with Gasteiger partial charge in [-0.3, -0.25) is 4.79 Å². The van der Waals surface area contributed by atoms with Crippen molar-refractivity contribution in [2.75, 3.05) is 25.5 Å². The third-order valence-electron chi connectivity index (χ3n) is 4.20. The van der Waals surface area contributed by atoms with E-state index in [0.717, 1.165) is 0 Å². The number of hydrogen-bond acceptors (Lipinski definition) is 7. The predicted molar refractivity (Wildman–Crippen MR) is 105 cm³/mol. The van der Waals surface area contributed by atoms with Gasteiger partial charge in [-0.2, -0.15) is 18.2 Å². The minimum atomic E-state index is -4.76. The third kappa shape index (κ3) is 5.27. The zero-order valence-electron chi connectivity index (χ0n) is 16.3. The number of benzene rings is 2. The van der Waals surface area contributed by atoms with Crippen molar-refractivity contribution >= 4 is 21.5 Å². The minimum absolute atomic E-state index is 0.0134. The Morgan fingerprint density at radius 2 is 1.81 bits per heavy atom. The molecule has 0 amide bonds. The zero-order valence-corrected chi connectivity index (χ0v) is 17.2. The number of nitrogens with zero attached hydrogens (tertiary/aromatic N) is 3. The molecule has 1 heterocycles. The monoisotopic (exact) mass is 454 g/mol. The van der Waals surface area contributed by atoms with Crippen LogP contribution in [0, 0.1) is 0 Å². The summed E-state index contributed by atoms with van der Waals surface area (Å²) in [7, 11) is -0.381. The van der Waals surface area contributed by atoms with Gasteiger partial charge in [-0.25, -0.2) is 13.1 Å². The van der Waals surface area contributed by atoms with E-state index in [4.69, 9.17) is 0 Å². The molecule has 8 nitrogen and oxygen atoms in total. The first-order chi connectivity index (χ1) is 14.5. The molecule has 3 aromatic rings. The summed E-state index contributed by atoms with van der Waals surface area (Å²) in [6, 6.07) is 11.6. The van der Waals surface area contributed by atoms with Crippen molar-refractivity contribution in [1.29, 1.82) is 0 Å². The molecule has 0 saturated carbocycles. The highest BCUT2D eigenvalue weighted by molar-refractivity contribution is 7.89. The number of hydrogen-bond donors (Lipinski definition) is 1. The van der Waals surface area contributed by atoms with E-state index in [9.17, 15) is 26.4 Å². The molecular formula is C19H17F3N4O4S. The molecule has 0 atom stereocenters. The van der Waals surface area contributed by atoms with Gasteiger partial charge in [-0.05, 0) is 18.2 Å². The number of rotatable bonds is 7. The number of aromatic nitrogens is 2. The summed E-state index contributed by atoms with van der Waals surface area (Å²) >= 11 is 0. The molecule has 0 spiro atoms. The molecule has 31 heavy (non-hydrogen) atoms. The molecule has 3 rings (SSSR count). The Morgan fingerprint density at radius 1 is 1.13 bits per heavy atom. The van der Waals surface area contributed by atoms with Crippen LogP contribution in [0.1, 0.15) is 16.2 Å². The second kappa shape index (κ2) is 8.47. The smallest absolute Gasteiger partial charge is 0.378 e. The number of ketones is 1. The van der Waals surface area contributed by atoms with Gasteiger partial charge in [-0.1, -0.05) is 35.5 Å². The van der Waals surface area contributed by atoms with Crippen LogP contribution in [-0.4, -0.2) is 45.0 Å². The fraction of sp³-hybridized carbons (Fsp3) is 0.211. The second-order valence-corrected chi connectivity index (χ2v) is 8.40. The lowest BCUT2D eigenvalue weighted by molar-refractivity contribution is -0.159. The van der Waals surface area contributed by atoms with Gasteiger partial charge < -0.3 is 9.42 Å². The van der Waals surface area contributed by atoms with Gasteiger partial charge in [0, 0.05) is 30.9 Å². The van der Waals surface area contributed by atoms with Gasteiger partial charge >= 0.3 is 12.1 Å². The van der Waals surface area contributed by atoms with Crippen molar-refractivity contribution in [1.82, 2.24) is 14.9 Å². The summed E-state index contributed by atoms with van der Waals surface area (Å²) < 4.78 is 69.0. The van der Waals surface area contributed by atoms with Crippen molar-refractivity contribution in [3.8, 4) is 11.4 Å². The number of sulfonamides is 1. The van der Waals surface area contributed by atoms with Crippen molar-refractivity contribution in [3.05, 3.63) is 60.0 Å². The lowest BCUT2D eigenvalue weighted by Gasteiger charge is -2.14. The molecule has 0 aliphatic rings. The first kappa shape index (κ1) is 22.4. The van der Waals surface area contributed by atoms with Crippen LogP contribution in [0.3, 0.4) is 0 Å². The lowest BCUT2D eigenvalue weighted by atomic mass is 10.1. The standard InChI is InChI=1S/C19H17F3N4O4S/c1-26(2)14-4-3-5-15(10-14)31(28,29)23-11-16(27)12-6-8-13(9-7-12)17-24-18(30-25-17)19(20,21)22/h3-10,23H,11H2,1-2H3. The Labute approximate surface area is 175 Å². The van der Waals surface area contributed by atoms with Crippen LogP contribution in [0.25, 0.3) is 11.4 Å². The highest BCUT2D eigenvalue weighted by Crippen LogP contribution is 2.29. The molecule has 1 aromatic heterocycles. The SMILES string of the molecule is CN(C)c1cccc(S(=O)(=O)NCC(=O)c2ccc(-c3noc(C(F)(F)F)n3)cc2)c1. The number of nitrogens with one attached hydrogen (secondary N) is 1. The lowest BCUT2D eigenvalue weighted by Crippen LogP contribution is -2.29. The maximum atomic E-state index is 12.6. The summed E-state index contributed by atoms with van der Waals surface area (Å²) in [5, 5.41) is 3.26. The van der Waals surface area contributed by atoms with Crippen molar-refractivity contribution in [2.45, 2.75) is 11.1 Å². The van der Waals surface area contributed by atoms with E-state index >= 15 is 0 Å². The Bertz CT molecular complexity index is 1190. The fourth-order valence-electron chi connectivity index (χ4n) is 2.54. The van der Waals surface area contributed by atoms with E-state index in [-0.39, 0.29) is 21.8 Å². The average molecular weight is 454 g/mol. The molecule has 2 aromatic carbocycles. The number of carbonyl (C=O) groups excluding carboxylic acids is 1. The summed E-state index contributed by atoms with van der Waals surface area (Å²) in [6.07, 6.45) is -4.76. The average Bonchev–Trinajstić information content (AvgIpc) is 3.23. The normalized spacial score (nSPS) is 12.0. The highest BCUT2D eigenvalue weighted by Gasteiger charge is 2.38. The van der Waals surface area contributed by atoms with E-state index in [2.05, 4.69) is 19.4 Å². The van der Waals surface area contributed by atoms with Crippen LogP contribution in [0.4, 0.5) is 18.9 Å². The molecule has 0 radical (unpaired) electrons. The van der Waals surface area contributed by atoms with Gasteiger partial charge in [0.15, 0.2) is 5.78 Å². The van der Waals surface area contributed by atoms with E-state index in [1.807, 2.05) is 0 Å². The summed E-state index contributed by atoms with van der Waals surface area (Å²) in [4.78, 5) is 17.4. The van der Waals surface area contributed by atoms with Gasteiger partial charge in [0.05, 0.1) is 11.4 Å². The topological polar surface area (TPSA) is 105 Å². The summed E-state index contributed by atoms with van der Waals surface area (Å²) in [5.74, 6) is -2.29. The second-order valence-electron chi connectivity index (χ2n) is 6.64. The Kier molecular flexibility index (Phi) is 6.13.